The molecule has 0 bridgehead atoms. The lowest BCUT2D eigenvalue weighted by atomic mass is 9.78. The fraction of sp³-hybridized carbons (Fsp3) is 0.647. The van der Waals surface area contributed by atoms with Crippen LogP contribution in [0.5, 0.6) is 11.5 Å². The van der Waals surface area contributed by atoms with E-state index in [0.29, 0.717) is 29.5 Å². The maximum atomic E-state index is 14.0. The molecule has 0 saturated carbocycles. The summed E-state index contributed by atoms with van der Waals surface area (Å²) in [7, 11) is 0.789. The highest BCUT2D eigenvalue weighted by Crippen LogP contribution is 2.38. The lowest BCUT2D eigenvalue weighted by Gasteiger charge is -2.32. The third kappa shape index (κ3) is 3.64. The maximum absolute atomic E-state index is 14.0. The predicted octanol–water partition coefficient (Wildman–Crippen LogP) is 3.17. The summed E-state index contributed by atoms with van der Waals surface area (Å²) in [6, 6.07) is 2.70. The molecule has 1 fully saturated rings. The molecule has 1 aliphatic heterocycles. The van der Waals surface area contributed by atoms with Crippen molar-refractivity contribution in [2.24, 2.45) is 5.92 Å². The minimum Gasteiger partial charge on any atom is -0.493 e. The average molecular weight is 324 g/mol. The first-order valence-electron chi connectivity index (χ1n) is 7.93. The maximum Gasteiger partial charge on any atom is 0.498 e. The van der Waals surface area contributed by atoms with Crippen LogP contribution < -0.4 is 14.9 Å². The molecule has 1 aromatic rings. The number of benzene rings is 1. The number of hydrogen-bond donors (Lipinski definition) is 0. The Hall–Kier alpha value is -1.27. The molecule has 0 aromatic heterocycles. The molecule has 0 spiro atoms. The Bertz CT molecular complexity index is 556. The van der Waals surface area contributed by atoms with Crippen molar-refractivity contribution in [2.45, 2.75) is 52.7 Å². The summed E-state index contributed by atoms with van der Waals surface area (Å²) < 4.78 is 37.2. The molecule has 0 amide bonds. The zero-order valence-corrected chi connectivity index (χ0v) is 15.0. The van der Waals surface area contributed by atoms with Crippen molar-refractivity contribution in [3.8, 4) is 11.5 Å². The first-order chi connectivity index (χ1) is 10.6. The number of rotatable bonds is 5. The van der Waals surface area contributed by atoms with Crippen LogP contribution in [0.4, 0.5) is 4.39 Å². The highest BCUT2D eigenvalue weighted by Gasteiger charge is 2.52. The van der Waals surface area contributed by atoms with Gasteiger partial charge in [-0.2, -0.15) is 0 Å². The third-order valence-corrected chi connectivity index (χ3v) is 4.34. The summed E-state index contributed by atoms with van der Waals surface area (Å²) in [6.07, 6.45) is 0. The first kappa shape index (κ1) is 18.1. The Labute approximate surface area is 138 Å². The van der Waals surface area contributed by atoms with Crippen LogP contribution in [0.1, 0.15) is 41.5 Å². The molecule has 0 aliphatic carbocycles. The fourth-order valence-corrected chi connectivity index (χ4v) is 2.29. The van der Waals surface area contributed by atoms with Gasteiger partial charge in [0.15, 0.2) is 11.5 Å². The van der Waals surface area contributed by atoms with Crippen molar-refractivity contribution >= 4 is 12.6 Å². The molecule has 6 heteroatoms. The minimum absolute atomic E-state index is 0.330. The molecular formula is C17H26BFO4. The predicted molar refractivity (Wildman–Crippen MR) is 89.0 cm³/mol. The van der Waals surface area contributed by atoms with Crippen molar-refractivity contribution < 1.29 is 23.2 Å². The van der Waals surface area contributed by atoms with Crippen molar-refractivity contribution in [1.29, 1.82) is 0 Å². The summed E-state index contributed by atoms with van der Waals surface area (Å²) in [5, 5.41) is 0. The Morgan fingerprint density at radius 1 is 1.13 bits per heavy atom. The van der Waals surface area contributed by atoms with Crippen molar-refractivity contribution in [2.75, 3.05) is 13.7 Å². The van der Waals surface area contributed by atoms with E-state index in [1.807, 2.05) is 41.5 Å². The first-order valence-corrected chi connectivity index (χ1v) is 7.93. The molecule has 0 unspecified atom stereocenters. The molecule has 1 saturated heterocycles. The van der Waals surface area contributed by atoms with E-state index in [-0.39, 0.29) is 0 Å². The normalized spacial score (nSPS) is 19.3. The highest BCUT2D eigenvalue weighted by molar-refractivity contribution is 6.63. The molecule has 0 radical (unpaired) electrons. The van der Waals surface area contributed by atoms with E-state index in [9.17, 15) is 4.39 Å². The molecular weight excluding hydrogens is 298 g/mol. The Kier molecular flexibility index (Phi) is 4.97. The Morgan fingerprint density at radius 3 is 2.17 bits per heavy atom. The Balaban J connectivity index is 2.43. The number of methoxy groups -OCH3 is 1. The zero-order valence-electron chi connectivity index (χ0n) is 15.0. The fourth-order valence-electron chi connectivity index (χ4n) is 2.29. The van der Waals surface area contributed by atoms with Crippen LogP contribution in [-0.2, 0) is 9.31 Å². The van der Waals surface area contributed by atoms with Gasteiger partial charge in [0.25, 0.3) is 0 Å². The van der Waals surface area contributed by atoms with Gasteiger partial charge >= 0.3 is 7.12 Å². The van der Waals surface area contributed by atoms with Crippen LogP contribution in [0.2, 0.25) is 0 Å². The van der Waals surface area contributed by atoms with Crippen molar-refractivity contribution in [3.05, 3.63) is 17.9 Å². The molecule has 4 nitrogen and oxygen atoms in total. The second-order valence-corrected chi connectivity index (χ2v) is 7.32. The molecule has 0 atom stereocenters. The molecule has 23 heavy (non-hydrogen) atoms. The van der Waals surface area contributed by atoms with Crippen LogP contribution in [-0.4, -0.2) is 32.0 Å². The van der Waals surface area contributed by atoms with Crippen LogP contribution in [0.25, 0.3) is 0 Å². The number of halogens is 1. The third-order valence-electron chi connectivity index (χ3n) is 4.34. The summed E-state index contributed by atoms with van der Waals surface area (Å²) in [4.78, 5) is 0. The van der Waals surface area contributed by atoms with Gasteiger partial charge in [-0.05, 0) is 39.7 Å². The zero-order chi connectivity index (χ0) is 17.4. The number of hydrogen-bond acceptors (Lipinski definition) is 4. The molecule has 1 aromatic carbocycles. The van der Waals surface area contributed by atoms with Gasteiger partial charge in [-0.3, -0.25) is 0 Å². The van der Waals surface area contributed by atoms with Crippen LogP contribution >= 0.6 is 0 Å². The summed E-state index contributed by atoms with van der Waals surface area (Å²) in [5.74, 6) is 0.732. The second-order valence-electron chi connectivity index (χ2n) is 7.32. The van der Waals surface area contributed by atoms with Crippen LogP contribution in [0.15, 0.2) is 12.1 Å². The lowest BCUT2D eigenvalue weighted by Crippen LogP contribution is -2.41. The molecule has 128 valence electrons. The van der Waals surface area contributed by atoms with E-state index in [2.05, 4.69) is 0 Å². The van der Waals surface area contributed by atoms with E-state index < -0.39 is 24.1 Å². The van der Waals surface area contributed by atoms with E-state index in [1.54, 1.807) is 0 Å². The molecule has 2 rings (SSSR count). The van der Waals surface area contributed by atoms with Gasteiger partial charge in [-0.1, -0.05) is 13.8 Å². The summed E-state index contributed by atoms with van der Waals surface area (Å²) >= 11 is 0. The van der Waals surface area contributed by atoms with Crippen molar-refractivity contribution in [1.82, 2.24) is 0 Å². The lowest BCUT2D eigenvalue weighted by molar-refractivity contribution is 0.00578. The summed E-state index contributed by atoms with van der Waals surface area (Å²) in [6.45, 7) is 12.4. The smallest absolute Gasteiger partial charge is 0.493 e. The quantitative estimate of drug-likeness (QED) is 0.780. The van der Waals surface area contributed by atoms with Gasteiger partial charge in [0.05, 0.1) is 24.9 Å². The summed E-state index contributed by atoms with van der Waals surface area (Å²) in [5.41, 5.74) is -0.500. The van der Waals surface area contributed by atoms with Crippen LogP contribution in [0, 0.1) is 11.7 Å². The molecule has 1 aliphatic rings. The van der Waals surface area contributed by atoms with Gasteiger partial charge in [0.2, 0.25) is 0 Å². The van der Waals surface area contributed by atoms with Crippen LogP contribution in [0.3, 0.4) is 0 Å². The molecule has 0 N–H and O–H groups in total. The van der Waals surface area contributed by atoms with Gasteiger partial charge in [-0.25, -0.2) is 4.39 Å². The highest BCUT2D eigenvalue weighted by atomic mass is 19.1. The number of ether oxygens (including phenoxy) is 2. The monoisotopic (exact) mass is 324 g/mol. The average Bonchev–Trinajstić information content (AvgIpc) is 2.64. The van der Waals surface area contributed by atoms with Gasteiger partial charge in [0.1, 0.15) is 5.82 Å². The standard InChI is InChI=1S/C17H26BFO4/c1-11(2)10-21-15-13(8-12(19)9-14(15)20-7)18-22-16(3,4)17(5,6)23-18/h8-9,11H,10H2,1-7H3. The van der Waals surface area contributed by atoms with Crippen molar-refractivity contribution in [3.63, 3.8) is 0 Å². The van der Waals surface area contributed by atoms with E-state index in [0.717, 1.165) is 0 Å². The minimum atomic E-state index is -0.702. The van der Waals surface area contributed by atoms with E-state index in [1.165, 1.54) is 19.2 Å². The SMILES string of the molecule is COc1cc(F)cc(B2OC(C)(C)C(C)(C)O2)c1OCC(C)C. The Morgan fingerprint density at radius 2 is 1.70 bits per heavy atom. The van der Waals surface area contributed by atoms with Gasteiger partial charge < -0.3 is 18.8 Å². The molecule has 1 heterocycles. The largest absolute Gasteiger partial charge is 0.498 e. The van der Waals surface area contributed by atoms with Gasteiger partial charge in [-0.15, -0.1) is 0 Å². The van der Waals surface area contributed by atoms with Gasteiger partial charge in [0, 0.05) is 11.5 Å². The topological polar surface area (TPSA) is 36.9 Å². The van der Waals surface area contributed by atoms with E-state index >= 15 is 0 Å². The second kappa shape index (κ2) is 6.32. The van der Waals surface area contributed by atoms with E-state index in [4.69, 9.17) is 18.8 Å².